The number of nitrogens with two attached hydrogens (primary N) is 1. The fourth-order valence-corrected chi connectivity index (χ4v) is 1.95. The summed E-state index contributed by atoms with van der Waals surface area (Å²) in [6.07, 6.45) is -3.07. The average molecular weight is 412 g/mol. The molecule has 2 aromatic rings. The van der Waals surface area contributed by atoms with Gasteiger partial charge >= 0.3 is 6.18 Å². The number of rotatable bonds is 5. The summed E-state index contributed by atoms with van der Waals surface area (Å²) in [5, 5.41) is 2.77. The zero-order chi connectivity index (χ0) is 22.2. The first-order valence-corrected chi connectivity index (χ1v) is 8.92. The lowest BCUT2D eigenvalue weighted by Gasteiger charge is -2.15. The van der Waals surface area contributed by atoms with Crippen molar-refractivity contribution in [3.8, 4) is 5.75 Å². The fourth-order valence-electron chi connectivity index (χ4n) is 1.95. The monoisotopic (exact) mass is 412 g/mol. The molecule has 0 fully saturated rings. The molecule has 1 aromatic heterocycles. The molecule has 3 N–H and O–H groups in total. The summed E-state index contributed by atoms with van der Waals surface area (Å²) in [6.45, 7) is 8.07. The minimum absolute atomic E-state index is 0. The summed E-state index contributed by atoms with van der Waals surface area (Å²) in [5.41, 5.74) is 7.01. The highest BCUT2D eigenvalue weighted by Gasteiger charge is 2.28. The van der Waals surface area contributed by atoms with Crippen LogP contribution in [0.5, 0.6) is 5.75 Å². The maximum atomic E-state index is 12.1. The van der Waals surface area contributed by atoms with Crippen LogP contribution in [0, 0.1) is 6.92 Å². The molecule has 1 aromatic carbocycles. The van der Waals surface area contributed by atoms with Crippen LogP contribution in [-0.4, -0.2) is 34.2 Å². The smallest absolute Gasteiger partial charge is 0.422 e. The molecule has 1 atom stereocenters. The van der Waals surface area contributed by atoms with E-state index in [0.717, 1.165) is 5.56 Å². The number of benzene rings is 1. The zero-order valence-corrected chi connectivity index (χ0v) is 17.2. The summed E-state index contributed by atoms with van der Waals surface area (Å²) in [6, 6.07) is 7.28. The molecule has 6 nitrogen and oxygen atoms in total. The first-order valence-electron chi connectivity index (χ1n) is 8.92. The van der Waals surface area contributed by atoms with E-state index in [2.05, 4.69) is 20.0 Å². The molecule has 0 aliphatic carbocycles. The van der Waals surface area contributed by atoms with Crippen molar-refractivity contribution in [1.82, 2.24) is 15.3 Å². The number of hydrogen-bond donors (Lipinski definition) is 2. The Balaban J connectivity index is 0.000000749. The van der Waals surface area contributed by atoms with Crippen LogP contribution >= 0.6 is 0 Å². The predicted molar refractivity (Wildman–Crippen MR) is 105 cm³/mol. The van der Waals surface area contributed by atoms with Crippen LogP contribution in [-0.2, 0) is 0 Å². The highest BCUT2D eigenvalue weighted by Crippen LogP contribution is 2.21. The highest BCUT2D eigenvalue weighted by atomic mass is 19.4. The number of halogens is 3. The Morgan fingerprint density at radius 2 is 1.72 bits per heavy atom. The van der Waals surface area contributed by atoms with E-state index < -0.39 is 12.8 Å². The van der Waals surface area contributed by atoms with E-state index >= 15 is 0 Å². The van der Waals surface area contributed by atoms with Crippen molar-refractivity contribution in [2.45, 2.75) is 52.4 Å². The maximum Gasteiger partial charge on any atom is 0.422 e. The van der Waals surface area contributed by atoms with Crippen molar-refractivity contribution in [2.75, 3.05) is 6.61 Å². The molecular weight excluding hydrogens is 385 g/mol. The van der Waals surface area contributed by atoms with E-state index in [1.807, 2.05) is 20.8 Å². The number of amides is 1. The Bertz CT molecular complexity index is 782. The van der Waals surface area contributed by atoms with Crippen molar-refractivity contribution in [3.63, 3.8) is 0 Å². The van der Waals surface area contributed by atoms with Gasteiger partial charge in [-0.3, -0.25) is 4.79 Å². The highest BCUT2D eigenvalue weighted by molar-refractivity contribution is 5.92. The van der Waals surface area contributed by atoms with Crippen molar-refractivity contribution >= 4 is 5.91 Å². The summed E-state index contributed by atoms with van der Waals surface area (Å²) < 4.78 is 40.9. The van der Waals surface area contributed by atoms with Gasteiger partial charge in [0, 0.05) is 11.2 Å². The van der Waals surface area contributed by atoms with E-state index in [0.29, 0.717) is 5.69 Å². The quantitative estimate of drug-likeness (QED) is 0.776. The molecule has 1 unspecified atom stereocenters. The number of carbonyl (C=O) groups excluding carboxylic acids is 1. The standard InChI is InChI=1S/C16H16F3N3O2.C4H11N/c1-10-7-14(21-9-20-10)15(23)22-11(2)12-3-5-13(6-4-12)24-8-16(17,18)19;1-4(2,3)5/h3-7,9,11H,8H2,1-2H3,(H,22,23);5H2,1-3H3. The van der Waals surface area contributed by atoms with Crippen LogP contribution in [0.4, 0.5) is 13.2 Å². The van der Waals surface area contributed by atoms with Crippen LogP contribution < -0.4 is 15.8 Å². The number of aryl methyl sites for hydroxylation is 1. The van der Waals surface area contributed by atoms with Gasteiger partial charge in [-0.05, 0) is 58.4 Å². The number of hydrogen-bond acceptors (Lipinski definition) is 5. The molecule has 0 saturated carbocycles. The molecule has 1 amide bonds. The van der Waals surface area contributed by atoms with Gasteiger partial charge in [0.25, 0.3) is 5.91 Å². The van der Waals surface area contributed by atoms with Gasteiger partial charge in [-0.1, -0.05) is 12.1 Å². The third-order valence-corrected chi connectivity index (χ3v) is 3.17. The van der Waals surface area contributed by atoms with Gasteiger partial charge in [-0.25, -0.2) is 9.97 Å². The Kier molecular flexibility index (Phi) is 8.57. The molecule has 0 aliphatic rings. The first kappa shape index (κ1) is 24.4. The van der Waals surface area contributed by atoms with E-state index in [-0.39, 0.29) is 28.9 Å². The van der Waals surface area contributed by atoms with Gasteiger partial charge < -0.3 is 15.8 Å². The molecule has 9 heteroatoms. The van der Waals surface area contributed by atoms with Gasteiger partial charge in [-0.2, -0.15) is 13.2 Å². The van der Waals surface area contributed by atoms with E-state index in [1.54, 1.807) is 32.0 Å². The summed E-state index contributed by atoms with van der Waals surface area (Å²) >= 11 is 0. The van der Waals surface area contributed by atoms with Gasteiger partial charge in [-0.15, -0.1) is 0 Å². The lowest BCUT2D eigenvalue weighted by atomic mass is 10.1. The van der Waals surface area contributed by atoms with Gasteiger partial charge in [0.15, 0.2) is 6.61 Å². The summed E-state index contributed by atoms with van der Waals surface area (Å²) in [7, 11) is 0. The molecule has 0 aliphatic heterocycles. The van der Waals surface area contributed by atoms with Crippen molar-refractivity contribution in [2.24, 2.45) is 5.73 Å². The van der Waals surface area contributed by atoms with E-state index in [1.165, 1.54) is 18.5 Å². The second-order valence-corrected chi connectivity index (χ2v) is 7.58. The number of ether oxygens (including phenoxy) is 1. The van der Waals surface area contributed by atoms with Crippen LogP contribution in [0.2, 0.25) is 0 Å². The van der Waals surface area contributed by atoms with E-state index in [9.17, 15) is 18.0 Å². The van der Waals surface area contributed by atoms with Crippen molar-refractivity contribution in [1.29, 1.82) is 0 Å². The second-order valence-electron chi connectivity index (χ2n) is 7.58. The fraction of sp³-hybridized carbons (Fsp3) is 0.450. The van der Waals surface area contributed by atoms with Crippen LogP contribution in [0.1, 0.15) is 55.5 Å². The van der Waals surface area contributed by atoms with Crippen LogP contribution in [0.25, 0.3) is 0 Å². The minimum atomic E-state index is -4.38. The number of nitrogens with zero attached hydrogens (tertiary/aromatic N) is 2. The lowest BCUT2D eigenvalue weighted by molar-refractivity contribution is -0.153. The minimum Gasteiger partial charge on any atom is -0.484 e. The predicted octanol–water partition coefficient (Wildman–Crippen LogP) is 3.96. The van der Waals surface area contributed by atoms with Gasteiger partial charge in [0.05, 0.1) is 6.04 Å². The maximum absolute atomic E-state index is 12.1. The first-order chi connectivity index (χ1) is 13.2. The van der Waals surface area contributed by atoms with Crippen molar-refractivity contribution in [3.05, 3.63) is 53.6 Å². The molecule has 1 heterocycles. The number of alkyl halides is 3. The SMILES string of the molecule is CC(C)(C)N.Cc1cc(C(=O)NC(C)c2ccc(OCC(F)(F)F)cc2)ncn1. The Morgan fingerprint density at radius 1 is 1.17 bits per heavy atom. The van der Waals surface area contributed by atoms with Crippen LogP contribution in [0.15, 0.2) is 36.7 Å². The Labute approximate surface area is 168 Å². The molecule has 2 rings (SSSR count). The zero-order valence-electron chi connectivity index (χ0n) is 17.2. The van der Waals surface area contributed by atoms with Gasteiger partial charge in [0.1, 0.15) is 17.8 Å². The van der Waals surface area contributed by atoms with E-state index in [4.69, 9.17) is 5.73 Å². The van der Waals surface area contributed by atoms with Crippen molar-refractivity contribution < 1.29 is 22.7 Å². The molecule has 0 spiro atoms. The number of carbonyl (C=O) groups is 1. The number of nitrogens with one attached hydrogen (secondary N) is 1. The normalized spacial score (nSPS) is 12.4. The Morgan fingerprint density at radius 3 is 2.21 bits per heavy atom. The topological polar surface area (TPSA) is 90.1 Å². The molecule has 0 bridgehead atoms. The molecule has 0 saturated heterocycles. The average Bonchev–Trinajstić information content (AvgIpc) is 2.58. The third-order valence-electron chi connectivity index (χ3n) is 3.17. The lowest BCUT2D eigenvalue weighted by Crippen LogP contribution is -2.27. The summed E-state index contributed by atoms with van der Waals surface area (Å²) in [4.78, 5) is 19.9. The summed E-state index contributed by atoms with van der Waals surface area (Å²) in [5.74, 6) is -0.244. The molecule has 160 valence electrons. The van der Waals surface area contributed by atoms with Gasteiger partial charge in [0.2, 0.25) is 0 Å². The second kappa shape index (κ2) is 10.2. The largest absolute Gasteiger partial charge is 0.484 e. The third kappa shape index (κ3) is 11.0. The molecular formula is C20H27F3N4O2. The molecule has 0 radical (unpaired) electrons. The van der Waals surface area contributed by atoms with Crippen LogP contribution in [0.3, 0.4) is 0 Å². The number of aromatic nitrogens is 2. The Hall–Kier alpha value is -2.68. The molecule has 29 heavy (non-hydrogen) atoms.